The average Bonchev–Trinajstić information content (AvgIpc) is 3.05. The first-order valence-corrected chi connectivity index (χ1v) is 21.6. The summed E-state index contributed by atoms with van der Waals surface area (Å²) in [5, 5.41) is 11.6. The number of aliphatic carboxylic acids is 1. The van der Waals surface area contributed by atoms with E-state index in [1.54, 1.807) is 0 Å². The van der Waals surface area contributed by atoms with Crippen molar-refractivity contribution in [3.05, 3.63) is 0 Å². The minimum Gasteiger partial charge on any atom is -0.548 e. The Labute approximate surface area is 309 Å². The molecule has 0 spiro atoms. The maximum absolute atomic E-state index is 11.6. The van der Waals surface area contributed by atoms with E-state index in [1.165, 1.54) is 218 Å². The van der Waals surface area contributed by atoms with Crippen LogP contribution in [0.25, 0.3) is 0 Å². The number of hydrogen-bond donors (Lipinski definition) is 0. The maximum Gasteiger partial charge on any atom is 1.00 e. The molecule has 0 aliphatic rings. The fraction of sp³-hybridized carbons (Fsp3) is 0.977. The zero-order valence-corrected chi connectivity index (χ0v) is 33.2. The Kier molecular flexibility index (Phi) is 44.1. The molecule has 1 unspecified atom stereocenters. The zero-order valence-electron chi connectivity index (χ0n) is 33.2. The van der Waals surface area contributed by atoms with E-state index >= 15 is 0 Å². The van der Waals surface area contributed by atoms with E-state index in [4.69, 9.17) is 0 Å². The molecule has 0 amide bonds. The smallest absolute Gasteiger partial charge is 0.548 e. The molecular weight excluding hydrogens is 569 g/mol. The van der Waals surface area contributed by atoms with Gasteiger partial charge in [-0.15, -0.1) is 0 Å². The van der Waals surface area contributed by atoms with Crippen molar-refractivity contribution < 1.29 is 28.8 Å². The summed E-state index contributed by atoms with van der Waals surface area (Å²) in [6.07, 6.45) is 49.8. The van der Waals surface area contributed by atoms with Gasteiger partial charge in [0, 0.05) is 6.04 Å². The molecule has 3 nitrogen and oxygen atoms in total. The van der Waals surface area contributed by atoms with Gasteiger partial charge in [0.05, 0.1) is 5.97 Å². The van der Waals surface area contributed by atoms with Crippen LogP contribution in [-0.4, -0.2) is 30.0 Å². The number of carboxylic acid groups (broad SMARTS) is 1. The van der Waals surface area contributed by atoms with Crippen LogP contribution in [0.1, 0.15) is 252 Å². The number of carbonyl (C=O) groups is 1. The standard InChI is InChI=1S/C43H87NO2.Li/c1-4-6-8-10-12-14-16-18-20-22-24-26-28-30-32-34-36-38-40-44(42(3)43(45)46)41-39-37-35-33-31-29-27-25-23-21-19-17-15-13-11-9-7-5-2;/h42H,4-41H2,1-3H3,(H,45,46);/q;+1/p-1. The summed E-state index contributed by atoms with van der Waals surface area (Å²) in [5.41, 5.74) is 0. The molecule has 1 atom stereocenters. The van der Waals surface area contributed by atoms with Crippen LogP contribution >= 0.6 is 0 Å². The number of hydrogen-bond acceptors (Lipinski definition) is 3. The Morgan fingerprint density at radius 1 is 0.383 bits per heavy atom. The number of carbonyl (C=O) groups excluding carboxylic acids is 1. The van der Waals surface area contributed by atoms with Crippen LogP contribution < -0.4 is 24.0 Å². The van der Waals surface area contributed by atoms with E-state index in [0.717, 1.165) is 25.9 Å². The molecule has 0 rings (SSSR count). The zero-order chi connectivity index (χ0) is 33.6. The van der Waals surface area contributed by atoms with Gasteiger partial charge in [-0.2, -0.15) is 0 Å². The third-order valence-corrected chi connectivity index (χ3v) is 10.5. The van der Waals surface area contributed by atoms with Crippen LogP contribution in [-0.2, 0) is 4.79 Å². The van der Waals surface area contributed by atoms with Gasteiger partial charge in [-0.25, -0.2) is 0 Å². The fourth-order valence-corrected chi connectivity index (χ4v) is 7.08. The van der Waals surface area contributed by atoms with Crippen LogP contribution in [0, 0.1) is 0 Å². The Morgan fingerprint density at radius 3 is 0.723 bits per heavy atom. The summed E-state index contributed by atoms with van der Waals surface area (Å²) in [6, 6.07) is -0.461. The summed E-state index contributed by atoms with van der Waals surface area (Å²) in [7, 11) is 0. The minimum atomic E-state index is -0.912. The van der Waals surface area contributed by atoms with E-state index < -0.39 is 12.0 Å². The molecule has 276 valence electrons. The molecule has 0 bridgehead atoms. The maximum atomic E-state index is 11.6. The van der Waals surface area contributed by atoms with Gasteiger partial charge in [0.1, 0.15) is 0 Å². The van der Waals surface area contributed by atoms with Crippen LogP contribution in [0.15, 0.2) is 0 Å². The first-order chi connectivity index (χ1) is 22.6. The first-order valence-electron chi connectivity index (χ1n) is 21.6. The molecule has 0 aromatic heterocycles. The Hall–Kier alpha value is 0.0274. The van der Waals surface area contributed by atoms with E-state index in [9.17, 15) is 9.90 Å². The topological polar surface area (TPSA) is 43.4 Å². The van der Waals surface area contributed by atoms with Gasteiger partial charge in [-0.05, 0) is 32.9 Å². The molecule has 47 heavy (non-hydrogen) atoms. The van der Waals surface area contributed by atoms with Crippen molar-refractivity contribution >= 4 is 5.97 Å². The molecule has 0 saturated carbocycles. The van der Waals surface area contributed by atoms with Gasteiger partial charge < -0.3 is 9.90 Å². The number of unbranched alkanes of at least 4 members (excludes halogenated alkanes) is 34. The third kappa shape index (κ3) is 38.7. The molecule has 0 aromatic carbocycles. The molecule has 0 aliphatic carbocycles. The van der Waals surface area contributed by atoms with Crippen molar-refractivity contribution in [2.75, 3.05) is 13.1 Å². The third-order valence-electron chi connectivity index (χ3n) is 10.5. The number of carboxylic acids is 1. The Balaban J connectivity index is 0. The number of rotatable bonds is 40. The molecule has 0 radical (unpaired) electrons. The molecule has 0 fully saturated rings. The fourth-order valence-electron chi connectivity index (χ4n) is 7.08. The molecule has 4 heteroatoms. The van der Waals surface area contributed by atoms with Crippen molar-refractivity contribution in [2.45, 2.75) is 258 Å². The molecule has 0 heterocycles. The quantitative estimate of drug-likeness (QED) is 0.0487. The monoisotopic (exact) mass is 656 g/mol. The van der Waals surface area contributed by atoms with Crippen molar-refractivity contribution in [3.8, 4) is 0 Å². The van der Waals surface area contributed by atoms with Crippen molar-refractivity contribution in [1.29, 1.82) is 0 Å². The van der Waals surface area contributed by atoms with Crippen LogP contribution in [0.3, 0.4) is 0 Å². The first kappa shape index (κ1) is 49.1. The normalized spacial score (nSPS) is 12.1. The van der Waals surface area contributed by atoms with Crippen LogP contribution in [0.5, 0.6) is 0 Å². The second-order valence-corrected chi connectivity index (χ2v) is 15.1. The van der Waals surface area contributed by atoms with Crippen molar-refractivity contribution in [1.82, 2.24) is 4.90 Å². The molecule has 0 aromatic rings. The molecular formula is C43H86LiNO2. The van der Waals surface area contributed by atoms with E-state index in [-0.39, 0.29) is 18.9 Å². The van der Waals surface area contributed by atoms with Gasteiger partial charge in [-0.1, -0.05) is 232 Å². The summed E-state index contributed by atoms with van der Waals surface area (Å²) in [5.74, 6) is -0.912. The predicted molar refractivity (Wildman–Crippen MR) is 204 cm³/mol. The summed E-state index contributed by atoms with van der Waals surface area (Å²) >= 11 is 0. The van der Waals surface area contributed by atoms with Crippen LogP contribution in [0.2, 0.25) is 0 Å². The average molecular weight is 656 g/mol. The molecule has 0 aliphatic heterocycles. The van der Waals surface area contributed by atoms with E-state index in [1.807, 2.05) is 6.92 Å². The van der Waals surface area contributed by atoms with Gasteiger partial charge in [0.25, 0.3) is 0 Å². The van der Waals surface area contributed by atoms with Gasteiger partial charge in [0.2, 0.25) is 0 Å². The van der Waals surface area contributed by atoms with Gasteiger partial charge in [-0.3, -0.25) is 4.90 Å². The summed E-state index contributed by atoms with van der Waals surface area (Å²) < 4.78 is 0. The minimum absolute atomic E-state index is 0. The van der Waals surface area contributed by atoms with E-state index in [0.29, 0.717) is 0 Å². The predicted octanol–water partition coefficient (Wildman–Crippen LogP) is 10.5. The number of nitrogens with zero attached hydrogens (tertiary/aromatic N) is 1. The Morgan fingerprint density at radius 2 is 0.553 bits per heavy atom. The second-order valence-electron chi connectivity index (χ2n) is 15.1. The molecule has 0 saturated heterocycles. The molecule has 0 N–H and O–H groups in total. The largest absolute Gasteiger partial charge is 1.00 e. The van der Waals surface area contributed by atoms with Crippen molar-refractivity contribution in [2.24, 2.45) is 0 Å². The van der Waals surface area contributed by atoms with Crippen molar-refractivity contribution in [3.63, 3.8) is 0 Å². The summed E-state index contributed by atoms with van der Waals surface area (Å²) in [4.78, 5) is 13.7. The van der Waals surface area contributed by atoms with E-state index in [2.05, 4.69) is 18.7 Å². The SMILES string of the molecule is CCCCCCCCCCCCCCCCCCCCN(CCCCCCCCCCCCCCCCCCCC)C(C)C(=O)[O-].[Li+]. The Bertz CT molecular complexity index is 546. The summed E-state index contributed by atoms with van der Waals surface area (Å²) in [6.45, 7) is 8.22. The van der Waals surface area contributed by atoms with Gasteiger partial charge in [0.15, 0.2) is 0 Å². The van der Waals surface area contributed by atoms with Gasteiger partial charge >= 0.3 is 18.9 Å². The van der Waals surface area contributed by atoms with Crippen LogP contribution in [0.4, 0.5) is 0 Å². The second kappa shape index (κ2) is 42.2.